The minimum atomic E-state index is -0.799. The van der Waals surface area contributed by atoms with Gasteiger partial charge in [0.1, 0.15) is 6.54 Å². The molecule has 0 aliphatic heterocycles. The van der Waals surface area contributed by atoms with E-state index in [0.717, 1.165) is 5.56 Å². The van der Waals surface area contributed by atoms with Crippen LogP contribution in [0.3, 0.4) is 0 Å². The first kappa shape index (κ1) is 15.1. The number of tetrazole rings is 1. The second-order valence-electron chi connectivity index (χ2n) is 5.62. The van der Waals surface area contributed by atoms with Crippen molar-refractivity contribution in [1.82, 2.24) is 25.5 Å². The first-order chi connectivity index (χ1) is 11.1. The van der Waals surface area contributed by atoms with Crippen LogP contribution in [0, 0.1) is 5.92 Å². The highest BCUT2D eigenvalue weighted by Crippen LogP contribution is 2.25. The monoisotopic (exact) mass is 315 g/mol. The Morgan fingerprint density at radius 3 is 2.74 bits per heavy atom. The lowest BCUT2D eigenvalue weighted by Gasteiger charge is -2.11. The smallest absolute Gasteiger partial charge is 0.306 e. The first-order valence-corrected chi connectivity index (χ1v) is 7.47. The number of aromatic nitrogens is 4. The van der Waals surface area contributed by atoms with Crippen molar-refractivity contribution >= 4 is 11.9 Å². The number of carbonyl (C=O) groups is 2. The number of carbonyl (C=O) groups excluding carboxylic acids is 1. The van der Waals surface area contributed by atoms with Gasteiger partial charge in [0.15, 0.2) is 0 Å². The molecule has 1 aliphatic rings. The molecule has 1 amide bonds. The Kier molecular flexibility index (Phi) is 4.31. The largest absolute Gasteiger partial charge is 0.481 e. The zero-order chi connectivity index (χ0) is 16.2. The topological polar surface area (TPSA) is 110 Å². The van der Waals surface area contributed by atoms with E-state index in [9.17, 15) is 9.59 Å². The summed E-state index contributed by atoms with van der Waals surface area (Å²) in [6.45, 7) is -0.0337. The molecule has 0 saturated heterocycles. The molecule has 1 aromatic heterocycles. The van der Waals surface area contributed by atoms with Gasteiger partial charge in [-0.25, -0.2) is 0 Å². The van der Waals surface area contributed by atoms with Crippen molar-refractivity contribution in [3.8, 4) is 11.4 Å². The zero-order valence-electron chi connectivity index (χ0n) is 12.4. The first-order valence-electron chi connectivity index (χ1n) is 7.47. The summed E-state index contributed by atoms with van der Waals surface area (Å²) in [6, 6.07) is 9.29. The van der Waals surface area contributed by atoms with Crippen LogP contribution in [0.5, 0.6) is 0 Å². The molecule has 1 aromatic carbocycles. The van der Waals surface area contributed by atoms with Gasteiger partial charge in [-0.05, 0) is 24.5 Å². The number of carboxylic acids is 1. The molecule has 0 unspecified atom stereocenters. The van der Waals surface area contributed by atoms with Crippen LogP contribution in [-0.2, 0) is 16.1 Å². The Labute approximate surface area is 132 Å². The molecule has 2 atom stereocenters. The summed E-state index contributed by atoms with van der Waals surface area (Å²) in [7, 11) is 0. The van der Waals surface area contributed by atoms with Crippen LogP contribution in [0.1, 0.15) is 19.3 Å². The predicted octanol–water partition coefficient (Wildman–Crippen LogP) is 0.710. The molecule has 2 aromatic rings. The van der Waals surface area contributed by atoms with Crippen LogP contribution in [0.15, 0.2) is 30.3 Å². The maximum Gasteiger partial charge on any atom is 0.306 e. The Hall–Kier alpha value is -2.77. The molecule has 0 spiro atoms. The third kappa shape index (κ3) is 3.71. The number of hydrogen-bond acceptors (Lipinski definition) is 5. The molecule has 1 fully saturated rings. The average molecular weight is 315 g/mol. The zero-order valence-corrected chi connectivity index (χ0v) is 12.4. The molecule has 1 heterocycles. The van der Waals surface area contributed by atoms with Crippen molar-refractivity contribution in [2.45, 2.75) is 31.8 Å². The molecule has 23 heavy (non-hydrogen) atoms. The quantitative estimate of drug-likeness (QED) is 0.841. The summed E-state index contributed by atoms with van der Waals surface area (Å²) in [6.07, 6.45) is 1.75. The number of rotatable bonds is 5. The van der Waals surface area contributed by atoms with Gasteiger partial charge in [-0.2, -0.15) is 4.80 Å². The summed E-state index contributed by atoms with van der Waals surface area (Å²) in [5.74, 6) is -0.940. The minimum absolute atomic E-state index is 0.0337. The van der Waals surface area contributed by atoms with Gasteiger partial charge in [0.2, 0.25) is 11.7 Å². The maximum atomic E-state index is 12.0. The Bertz CT molecular complexity index is 700. The third-order valence-corrected chi connectivity index (χ3v) is 3.92. The van der Waals surface area contributed by atoms with E-state index in [1.807, 2.05) is 30.3 Å². The maximum absolute atomic E-state index is 12.0. The number of benzene rings is 1. The summed E-state index contributed by atoms with van der Waals surface area (Å²) in [4.78, 5) is 24.2. The van der Waals surface area contributed by atoms with Crippen molar-refractivity contribution in [3.05, 3.63) is 30.3 Å². The SMILES string of the molecule is O=C(Cn1nnc(-c2ccccc2)n1)N[C@H]1CC[C@@H](C(=O)O)C1. The van der Waals surface area contributed by atoms with E-state index in [1.54, 1.807) is 0 Å². The highest BCUT2D eigenvalue weighted by Gasteiger charge is 2.30. The lowest BCUT2D eigenvalue weighted by Crippen LogP contribution is -2.36. The van der Waals surface area contributed by atoms with Crippen molar-refractivity contribution in [2.75, 3.05) is 0 Å². The van der Waals surface area contributed by atoms with E-state index in [-0.39, 0.29) is 24.4 Å². The number of carboxylic acid groups (broad SMARTS) is 1. The highest BCUT2D eigenvalue weighted by atomic mass is 16.4. The number of amides is 1. The van der Waals surface area contributed by atoms with Gasteiger partial charge >= 0.3 is 5.97 Å². The molecule has 1 aliphatic carbocycles. The molecule has 1 saturated carbocycles. The van der Waals surface area contributed by atoms with Crippen LogP contribution in [0.4, 0.5) is 0 Å². The number of aliphatic carboxylic acids is 1. The van der Waals surface area contributed by atoms with Crippen LogP contribution in [0.25, 0.3) is 11.4 Å². The summed E-state index contributed by atoms with van der Waals surface area (Å²) in [5, 5.41) is 23.8. The molecule has 2 N–H and O–H groups in total. The summed E-state index contributed by atoms with van der Waals surface area (Å²) in [5.41, 5.74) is 0.833. The van der Waals surface area contributed by atoms with Gasteiger partial charge in [0.25, 0.3) is 0 Å². The molecule has 8 heteroatoms. The van der Waals surface area contributed by atoms with Gasteiger partial charge in [-0.15, -0.1) is 10.2 Å². The Morgan fingerprint density at radius 1 is 1.26 bits per heavy atom. The third-order valence-electron chi connectivity index (χ3n) is 3.92. The Morgan fingerprint density at radius 2 is 2.04 bits per heavy atom. The second kappa shape index (κ2) is 6.55. The van der Waals surface area contributed by atoms with Crippen molar-refractivity contribution in [3.63, 3.8) is 0 Å². The molecule has 0 bridgehead atoms. The van der Waals surface area contributed by atoms with Gasteiger partial charge in [-0.1, -0.05) is 30.3 Å². The fourth-order valence-corrected chi connectivity index (χ4v) is 2.75. The van der Waals surface area contributed by atoms with Crippen LogP contribution in [-0.4, -0.2) is 43.2 Å². The van der Waals surface area contributed by atoms with Crippen molar-refractivity contribution in [2.24, 2.45) is 5.92 Å². The molecule has 120 valence electrons. The van der Waals surface area contributed by atoms with Gasteiger partial charge in [0, 0.05) is 11.6 Å². The lowest BCUT2D eigenvalue weighted by atomic mass is 10.1. The van der Waals surface area contributed by atoms with E-state index in [4.69, 9.17) is 5.11 Å². The molecule has 8 nitrogen and oxygen atoms in total. The molecule has 3 rings (SSSR count). The van der Waals surface area contributed by atoms with E-state index < -0.39 is 5.97 Å². The van der Waals surface area contributed by atoms with Gasteiger partial charge in [0.05, 0.1) is 5.92 Å². The molecular weight excluding hydrogens is 298 g/mol. The van der Waals surface area contributed by atoms with Gasteiger partial charge in [-0.3, -0.25) is 9.59 Å². The van der Waals surface area contributed by atoms with E-state index >= 15 is 0 Å². The highest BCUT2D eigenvalue weighted by molar-refractivity contribution is 5.76. The molecular formula is C15H17N5O3. The number of nitrogens with one attached hydrogen (secondary N) is 1. The second-order valence-corrected chi connectivity index (χ2v) is 5.62. The standard InChI is InChI=1S/C15H17N5O3/c21-13(16-12-7-6-11(8-12)15(22)23)9-20-18-14(17-19-20)10-4-2-1-3-5-10/h1-5,11-12H,6-9H2,(H,16,21)(H,22,23)/t11-,12+/m1/s1. The fraction of sp³-hybridized carbons (Fsp3) is 0.400. The Balaban J connectivity index is 1.55. The lowest BCUT2D eigenvalue weighted by molar-refractivity contribution is -0.141. The predicted molar refractivity (Wildman–Crippen MR) is 80.2 cm³/mol. The summed E-state index contributed by atoms with van der Waals surface area (Å²) >= 11 is 0. The van der Waals surface area contributed by atoms with Crippen molar-refractivity contribution in [1.29, 1.82) is 0 Å². The minimum Gasteiger partial charge on any atom is -0.481 e. The van der Waals surface area contributed by atoms with E-state index in [1.165, 1.54) is 4.80 Å². The van der Waals surface area contributed by atoms with E-state index in [2.05, 4.69) is 20.7 Å². The van der Waals surface area contributed by atoms with Crippen LogP contribution < -0.4 is 5.32 Å². The average Bonchev–Trinajstić information content (AvgIpc) is 3.18. The van der Waals surface area contributed by atoms with Crippen LogP contribution >= 0.6 is 0 Å². The summed E-state index contributed by atoms with van der Waals surface area (Å²) < 4.78 is 0. The van der Waals surface area contributed by atoms with Crippen molar-refractivity contribution < 1.29 is 14.7 Å². The number of nitrogens with zero attached hydrogens (tertiary/aromatic N) is 4. The van der Waals surface area contributed by atoms with Gasteiger partial charge < -0.3 is 10.4 Å². The molecule has 0 radical (unpaired) electrons. The van der Waals surface area contributed by atoms with E-state index in [0.29, 0.717) is 25.1 Å². The normalized spacial score (nSPS) is 20.3. The fourth-order valence-electron chi connectivity index (χ4n) is 2.75. The number of hydrogen-bond donors (Lipinski definition) is 2. The van der Waals surface area contributed by atoms with Crippen LogP contribution in [0.2, 0.25) is 0 Å².